The largest absolute Gasteiger partial charge is 0.497 e. The fourth-order valence-electron chi connectivity index (χ4n) is 3.38. The van der Waals surface area contributed by atoms with Crippen LogP contribution in [0.4, 0.5) is 0 Å². The van der Waals surface area contributed by atoms with Gasteiger partial charge in [0.2, 0.25) is 0 Å². The van der Waals surface area contributed by atoms with Crippen LogP contribution in [0.1, 0.15) is 33.9 Å². The van der Waals surface area contributed by atoms with Crippen molar-refractivity contribution in [2.24, 2.45) is 0 Å². The van der Waals surface area contributed by atoms with Gasteiger partial charge >= 0.3 is 0 Å². The Hall–Kier alpha value is -3.08. The molecule has 4 rings (SSSR count). The molecule has 0 unspecified atom stereocenters. The maximum absolute atomic E-state index is 13.0. The van der Waals surface area contributed by atoms with Gasteiger partial charge in [-0.2, -0.15) is 5.10 Å². The molecule has 1 aliphatic rings. The summed E-state index contributed by atoms with van der Waals surface area (Å²) in [5.41, 5.74) is 2.91. The lowest BCUT2D eigenvalue weighted by Crippen LogP contribution is -2.45. The zero-order chi connectivity index (χ0) is 17.9. The molecule has 0 saturated carbocycles. The third-order valence-electron chi connectivity index (χ3n) is 4.84. The van der Waals surface area contributed by atoms with Crippen LogP contribution in [-0.4, -0.2) is 34.2 Å². The highest BCUT2D eigenvalue weighted by Gasteiger charge is 2.34. The lowest BCUT2D eigenvalue weighted by molar-refractivity contribution is 0.0460. The number of likely N-dealkylation sites (tertiary alicyclic amines) is 1. The molecule has 2 aromatic carbocycles. The van der Waals surface area contributed by atoms with Crippen molar-refractivity contribution in [1.82, 2.24) is 14.7 Å². The van der Waals surface area contributed by atoms with Gasteiger partial charge in [-0.15, -0.1) is 0 Å². The van der Waals surface area contributed by atoms with Crippen LogP contribution < -0.4 is 4.74 Å². The number of hydrogen-bond donors (Lipinski definition) is 0. The lowest BCUT2D eigenvalue weighted by atomic mass is 9.93. The van der Waals surface area contributed by atoms with Gasteiger partial charge in [0.1, 0.15) is 5.75 Å². The van der Waals surface area contributed by atoms with Gasteiger partial charge in [0.15, 0.2) is 0 Å². The van der Waals surface area contributed by atoms with E-state index in [1.54, 1.807) is 13.3 Å². The normalized spacial score (nSPS) is 16.2. The van der Waals surface area contributed by atoms with Crippen LogP contribution in [0.25, 0.3) is 0 Å². The predicted octanol–water partition coefficient (Wildman–Crippen LogP) is 3.53. The average molecular weight is 347 g/mol. The molecule has 1 atom stereocenters. The van der Waals surface area contributed by atoms with Crippen LogP contribution in [0.5, 0.6) is 5.75 Å². The zero-order valence-electron chi connectivity index (χ0n) is 14.7. The van der Waals surface area contributed by atoms with Crippen LogP contribution in [0.3, 0.4) is 0 Å². The Morgan fingerprint density at radius 1 is 1.19 bits per heavy atom. The molecule has 26 heavy (non-hydrogen) atoms. The second-order valence-electron chi connectivity index (χ2n) is 6.48. The van der Waals surface area contributed by atoms with Gasteiger partial charge < -0.3 is 9.64 Å². The molecule has 132 valence electrons. The highest BCUT2D eigenvalue weighted by Crippen LogP contribution is 2.35. The summed E-state index contributed by atoms with van der Waals surface area (Å²) in [6.45, 7) is 1.44. The summed E-state index contributed by atoms with van der Waals surface area (Å²) in [6.07, 6.45) is 4.66. The van der Waals surface area contributed by atoms with Crippen molar-refractivity contribution in [2.75, 3.05) is 13.7 Å². The molecule has 1 amide bonds. The van der Waals surface area contributed by atoms with Crippen LogP contribution in [-0.2, 0) is 6.54 Å². The van der Waals surface area contributed by atoms with Gasteiger partial charge in [-0.3, -0.25) is 9.48 Å². The van der Waals surface area contributed by atoms with E-state index in [2.05, 4.69) is 11.2 Å². The van der Waals surface area contributed by atoms with Crippen molar-refractivity contribution in [1.29, 1.82) is 0 Å². The fraction of sp³-hybridized carbons (Fsp3) is 0.238. The standard InChI is InChI=1S/C21H21N3O2/c1-26-19-8-3-6-17(14-19)20-9-12-24(20)21(25)18-7-2-5-16(13-18)15-23-11-4-10-22-23/h2-8,10-11,13-14,20H,9,12,15H2,1H3/t20-/m0/s1. The molecule has 1 fully saturated rings. The van der Waals surface area contributed by atoms with Crippen LogP contribution >= 0.6 is 0 Å². The smallest absolute Gasteiger partial charge is 0.254 e. The Morgan fingerprint density at radius 3 is 2.81 bits per heavy atom. The number of nitrogens with zero attached hydrogens (tertiary/aromatic N) is 3. The second-order valence-corrected chi connectivity index (χ2v) is 6.48. The van der Waals surface area contributed by atoms with Gasteiger partial charge in [0, 0.05) is 24.5 Å². The third-order valence-corrected chi connectivity index (χ3v) is 4.84. The molecule has 0 bridgehead atoms. The first-order valence-electron chi connectivity index (χ1n) is 8.76. The third kappa shape index (κ3) is 3.20. The predicted molar refractivity (Wildman–Crippen MR) is 99.2 cm³/mol. The van der Waals surface area contributed by atoms with Crippen molar-refractivity contribution in [2.45, 2.75) is 19.0 Å². The molecule has 0 N–H and O–H groups in total. The van der Waals surface area contributed by atoms with Crippen LogP contribution in [0.15, 0.2) is 67.0 Å². The number of ether oxygens (including phenoxy) is 1. The molecule has 1 saturated heterocycles. The van der Waals surface area contributed by atoms with E-state index in [1.165, 1.54) is 0 Å². The molecule has 2 heterocycles. The Bertz CT molecular complexity index is 905. The minimum atomic E-state index is 0.0754. The minimum Gasteiger partial charge on any atom is -0.497 e. The number of methoxy groups -OCH3 is 1. The molecule has 3 aromatic rings. The first-order chi connectivity index (χ1) is 12.7. The van der Waals surface area contributed by atoms with Gasteiger partial charge in [-0.05, 0) is 47.9 Å². The van der Waals surface area contributed by atoms with Crippen molar-refractivity contribution >= 4 is 5.91 Å². The number of aromatic nitrogens is 2. The Labute approximate surface area is 152 Å². The van der Waals surface area contributed by atoms with Crippen molar-refractivity contribution < 1.29 is 9.53 Å². The summed E-state index contributed by atoms with van der Waals surface area (Å²) in [4.78, 5) is 14.9. The molecule has 1 aliphatic heterocycles. The van der Waals surface area contributed by atoms with E-state index in [-0.39, 0.29) is 11.9 Å². The molecule has 0 spiro atoms. The van der Waals surface area contributed by atoms with Gasteiger partial charge in [0.05, 0.1) is 19.7 Å². The molecule has 0 radical (unpaired) electrons. The van der Waals surface area contributed by atoms with Crippen molar-refractivity contribution in [3.8, 4) is 5.75 Å². The quantitative estimate of drug-likeness (QED) is 0.709. The van der Waals surface area contributed by atoms with E-state index in [0.29, 0.717) is 6.54 Å². The van der Waals surface area contributed by atoms with E-state index < -0.39 is 0 Å². The SMILES string of the molecule is COc1cccc([C@@H]2CCN2C(=O)c2cccc(Cn3cccn3)c2)c1. The summed E-state index contributed by atoms with van der Waals surface area (Å²) in [5, 5.41) is 4.23. The first kappa shape index (κ1) is 16.4. The summed E-state index contributed by atoms with van der Waals surface area (Å²) < 4.78 is 7.16. The fourth-order valence-corrected chi connectivity index (χ4v) is 3.38. The number of carbonyl (C=O) groups is 1. The highest BCUT2D eigenvalue weighted by molar-refractivity contribution is 5.95. The number of benzene rings is 2. The summed E-state index contributed by atoms with van der Waals surface area (Å²) in [5.74, 6) is 0.898. The molecular weight excluding hydrogens is 326 g/mol. The average Bonchev–Trinajstić information content (AvgIpc) is 3.14. The molecule has 5 nitrogen and oxygen atoms in total. The van der Waals surface area contributed by atoms with Crippen LogP contribution in [0, 0.1) is 0 Å². The number of carbonyl (C=O) groups excluding carboxylic acids is 1. The van der Waals surface area contributed by atoms with Crippen LogP contribution in [0.2, 0.25) is 0 Å². The number of rotatable bonds is 5. The van der Waals surface area contributed by atoms with Crippen molar-refractivity contribution in [3.05, 3.63) is 83.7 Å². The molecular formula is C21H21N3O2. The second kappa shape index (κ2) is 7.04. The van der Waals surface area contributed by atoms with Gasteiger partial charge in [-0.1, -0.05) is 24.3 Å². The zero-order valence-corrected chi connectivity index (χ0v) is 14.7. The lowest BCUT2D eigenvalue weighted by Gasteiger charge is -2.41. The minimum absolute atomic E-state index is 0.0754. The molecule has 5 heteroatoms. The maximum atomic E-state index is 13.0. The van der Waals surface area contributed by atoms with Gasteiger partial charge in [-0.25, -0.2) is 0 Å². The van der Waals surface area contributed by atoms with E-state index in [4.69, 9.17) is 4.74 Å². The number of amides is 1. The van der Waals surface area contributed by atoms with E-state index in [0.717, 1.165) is 35.4 Å². The summed E-state index contributed by atoms with van der Waals surface area (Å²) >= 11 is 0. The van der Waals surface area contributed by atoms with Crippen molar-refractivity contribution in [3.63, 3.8) is 0 Å². The Kier molecular flexibility index (Phi) is 4.44. The van der Waals surface area contributed by atoms with E-state index in [1.807, 2.05) is 64.3 Å². The number of hydrogen-bond acceptors (Lipinski definition) is 3. The summed E-state index contributed by atoms with van der Waals surface area (Å²) in [7, 11) is 1.66. The first-order valence-corrected chi connectivity index (χ1v) is 8.76. The Morgan fingerprint density at radius 2 is 2.08 bits per heavy atom. The molecule has 1 aromatic heterocycles. The highest BCUT2D eigenvalue weighted by atomic mass is 16.5. The summed E-state index contributed by atoms with van der Waals surface area (Å²) in [6, 6.07) is 17.8. The molecule has 0 aliphatic carbocycles. The Balaban J connectivity index is 1.52. The van der Waals surface area contributed by atoms with E-state index >= 15 is 0 Å². The monoisotopic (exact) mass is 347 g/mol. The van der Waals surface area contributed by atoms with Gasteiger partial charge in [0.25, 0.3) is 5.91 Å². The van der Waals surface area contributed by atoms with E-state index in [9.17, 15) is 4.79 Å². The maximum Gasteiger partial charge on any atom is 0.254 e. The topological polar surface area (TPSA) is 47.4 Å².